The Balaban J connectivity index is 1.76. The molecular weight excluding hydrogens is 180 g/mol. The average Bonchev–Trinajstić information content (AvgIpc) is 2.75. The Morgan fingerprint density at radius 1 is 1.64 bits per heavy atom. The third-order valence-corrected chi connectivity index (χ3v) is 3.00. The van der Waals surface area contributed by atoms with Gasteiger partial charge in [0.1, 0.15) is 0 Å². The highest BCUT2D eigenvalue weighted by molar-refractivity contribution is 5.78. The predicted octanol–water partition coefficient (Wildman–Crippen LogP) is 0.0320. The summed E-state index contributed by atoms with van der Waals surface area (Å²) in [4.78, 5) is 11.0. The first kappa shape index (κ1) is 9.93. The van der Waals surface area contributed by atoms with Crippen molar-refractivity contribution in [1.29, 1.82) is 0 Å². The fourth-order valence-corrected chi connectivity index (χ4v) is 2.20. The highest BCUT2D eigenvalue weighted by Gasteiger charge is 2.27. The summed E-state index contributed by atoms with van der Waals surface area (Å²) in [6.45, 7) is 3.78. The van der Waals surface area contributed by atoms with Gasteiger partial charge in [-0.2, -0.15) is 0 Å². The molecule has 0 radical (unpaired) electrons. The highest BCUT2D eigenvalue weighted by atomic mass is 16.5. The molecule has 0 aromatic carbocycles. The molecule has 0 spiro atoms. The summed E-state index contributed by atoms with van der Waals surface area (Å²) < 4.78 is 5.58. The van der Waals surface area contributed by atoms with Gasteiger partial charge in [-0.15, -0.1) is 0 Å². The molecule has 14 heavy (non-hydrogen) atoms. The van der Waals surface area contributed by atoms with E-state index in [9.17, 15) is 4.79 Å². The Hall–Kier alpha value is -0.610. The van der Waals surface area contributed by atoms with E-state index >= 15 is 0 Å². The highest BCUT2D eigenvalue weighted by Crippen LogP contribution is 2.16. The molecule has 2 aliphatic rings. The lowest BCUT2D eigenvalue weighted by Crippen LogP contribution is -2.44. The molecule has 4 heteroatoms. The van der Waals surface area contributed by atoms with E-state index in [1.54, 1.807) is 0 Å². The quantitative estimate of drug-likeness (QED) is 0.673. The van der Waals surface area contributed by atoms with Crippen LogP contribution >= 0.6 is 0 Å². The van der Waals surface area contributed by atoms with Crippen LogP contribution in [0.3, 0.4) is 0 Å². The van der Waals surface area contributed by atoms with Crippen LogP contribution in [0.1, 0.15) is 26.2 Å². The number of ether oxygens (including phenoxy) is 1. The van der Waals surface area contributed by atoms with Crippen molar-refractivity contribution in [1.82, 2.24) is 10.6 Å². The maximum atomic E-state index is 11.0. The maximum Gasteiger partial charge on any atom is 0.221 e. The molecule has 0 saturated carbocycles. The van der Waals surface area contributed by atoms with Gasteiger partial charge in [0.2, 0.25) is 5.91 Å². The summed E-state index contributed by atoms with van der Waals surface area (Å²) in [5.74, 6) is 0.155. The zero-order valence-electron chi connectivity index (χ0n) is 8.58. The molecule has 2 aliphatic heterocycles. The Morgan fingerprint density at radius 2 is 2.50 bits per heavy atom. The van der Waals surface area contributed by atoms with Crippen molar-refractivity contribution in [2.45, 2.75) is 44.4 Å². The second-order valence-corrected chi connectivity index (χ2v) is 4.21. The van der Waals surface area contributed by atoms with Crippen molar-refractivity contribution < 1.29 is 9.53 Å². The first-order chi connectivity index (χ1) is 6.75. The van der Waals surface area contributed by atoms with Gasteiger partial charge in [0.15, 0.2) is 0 Å². The van der Waals surface area contributed by atoms with Crippen LogP contribution in [0.4, 0.5) is 0 Å². The summed E-state index contributed by atoms with van der Waals surface area (Å²) in [7, 11) is 0. The van der Waals surface area contributed by atoms with Gasteiger partial charge in [-0.25, -0.2) is 0 Å². The molecule has 80 valence electrons. The predicted molar refractivity (Wildman–Crippen MR) is 53.0 cm³/mol. The van der Waals surface area contributed by atoms with Crippen molar-refractivity contribution in [3.05, 3.63) is 0 Å². The van der Waals surface area contributed by atoms with E-state index in [4.69, 9.17) is 4.74 Å². The minimum Gasteiger partial charge on any atom is -0.377 e. The summed E-state index contributed by atoms with van der Waals surface area (Å²) in [6, 6.07) is 0.650. The molecule has 4 nitrogen and oxygen atoms in total. The number of hydrogen-bond donors (Lipinski definition) is 2. The van der Waals surface area contributed by atoms with E-state index < -0.39 is 0 Å². The van der Waals surface area contributed by atoms with Crippen LogP contribution < -0.4 is 10.6 Å². The van der Waals surface area contributed by atoms with Crippen LogP contribution in [0.5, 0.6) is 0 Å². The van der Waals surface area contributed by atoms with Gasteiger partial charge in [0, 0.05) is 31.7 Å². The SMILES string of the molecule is CC(NC1CNC(=O)C1)C1CCCO1. The number of hydrogen-bond acceptors (Lipinski definition) is 3. The van der Waals surface area contributed by atoms with Crippen LogP contribution in [0.2, 0.25) is 0 Å². The molecular formula is C10H18N2O2. The van der Waals surface area contributed by atoms with Crippen molar-refractivity contribution >= 4 is 5.91 Å². The minimum atomic E-state index is 0.155. The molecule has 2 rings (SSSR count). The van der Waals surface area contributed by atoms with E-state index in [2.05, 4.69) is 17.6 Å². The van der Waals surface area contributed by atoms with Crippen molar-refractivity contribution in [2.24, 2.45) is 0 Å². The smallest absolute Gasteiger partial charge is 0.221 e. The van der Waals surface area contributed by atoms with Crippen molar-refractivity contribution in [3.63, 3.8) is 0 Å². The first-order valence-corrected chi connectivity index (χ1v) is 5.40. The number of amides is 1. The molecule has 0 aromatic rings. The van der Waals surface area contributed by atoms with E-state index in [1.807, 2.05) is 0 Å². The molecule has 2 N–H and O–H groups in total. The summed E-state index contributed by atoms with van der Waals surface area (Å²) in [6.07, 6.45) is 3.25. The van der Waals surface area contributed by atoms with Crippen LogP contribution in [0.15, 0.2) is 0 Å². The van der Waals surface area contributed by atoms with Gasteiger partial charge in [-0.3, -0.25) is 4.79 Å². The second kappa shape index (κ2) is 4.28. The zero-order valence-corrected chi connectivity index (χ0v) is 8.58. The van der Waals surface area contributed by atoms with Gasteiger partial charge in [-0.1, -0.05) is 0 Å². The molecule has 0 aliphatic carbocycles. The minimum absolute atomic E-state index is 0.155. The second-order valence-electron chi connectivity index (χ2n) is 4.21. The number of rotatable bonds is 3. The first-order valence-electron chi connectivity index (χ1n) is 5.40. The Labute approximate surface area is 84.4 Å². The molecule has 0 aromatic heterocycles. The molecule has 2 heterocycles. The molecule has 1 amide bonds. The van der Waals surface area contributed by atoms with Crippen LogP contribution in [-0.4, -0.2) is 37.2 Å². The number of nitrogens with one attached hydrogen (secondary N) is 2. The van der Waals surface area contributed by atoms with Crippen molar-refractivity contribution in [3.8, 4) is 0 Å². The third kappa shape index (κ3) is 2.25. The Kier molecular flexibility index (Phi) is 3.03. The van der Waals surface area contributed by atoms with E-state index in [-0.39, 0.29) is 5.91 Å². The molecule has 2 fully saturated rings. The number of carbonyl (C=O) groups is 1. The van der Waals surface area contributed by atoms with Gasteiger partial charge < -0.3 is 15.4 Å². The lowest BCUT2D eigenvalue weighted by molar-refractivity contribution is -0.119. The average molecular weight is 198 g/mol. The van der Waals surface area contributed by atoms with Gasteiger partial charge in [0.25, 0.3) is 0 Å². The summed E-state index contributed by atoms with van der Waals surface area (Å²) in [5, 5.41) is 6.27. The van der Waals surface area contributed by atoms with Gasteiger partial charge >= 0.3 is 0 Å². The summed E-state index contributed by atoms with van der Waals surface area (Å²) >= 11 is 0. The lowest BCUT2D eigenvalue weighted by Gasteiger charge is -2.23. The van der Waals surface area contributed by atoms with Gasteiger partial charge in [0.05, 0.1) is 6.10 Å². The molecule has 2 saturated heterocycles. The monoisotopic (exact) mass is 198 g/mol. The largest absolute Gasteiger partial charge is 0.377 e. The zero-order chi connectivity index (χ0) is 9.97. The van der Waals surface area contributed by atoms with E-state index in [1.165, 1.54) is 6.42 Å². The summed E-state index contributed by atoms with van der Waals surface area (Å²) in [5.41, 5.74) is 0. The fraction of sp³-hybridized carbons (Fsp3) is 0.900. The molecule has 3 atom stereocenters. The fourth-order valence-electron chi connectivity index (χ4n) is 2.20. The molecule has 0 bridgehead atoms. The number of carbonyl (C=O) groups excluding carboxylic acids is 1. The maximum absolute atomic E-state index is 11.0. The van der Waals surface area contributed by atoms with Crippen LogP contribution in [0.25, 0.3) is 0 Å². The lowest BCUT2D eigenvalue weighted by atomic mass is 10.1. The van der Waals surface area contributed by atoms with Crippen molar-refractivity contribution in [2.75, 3.05) is 13.2 Å². The Morgan fingerprint density at radius 3 is 3.07 bits per heavy atom. The third-order valence-electron chi connectivity index (χ3n) is 3.00. The van der Waals surface area contributed by atoms with Crippen LogP contribution in [-0.2, 0) is 9.53 Å². The standard InChI is InChI=1S/C10H18N2O2/c1-7(9-3-2-4-14-9)12-8-5-10(13)11-6-8/h7-9,12H,2-6H2,1H3,(H,11,13). The molecule has 3 unspecified atom stereocenters. The van der Waals surface area contributed by atoms with E-state index in [0.29, 0.717) is 24.6 Å². The van der Waals surface area contributed by atoms with E-state index in [0.717, 1.165) is 19.6 Å². The Bertz CT molecular complexity index is 214. The topological polar surface area (TPSA) is 50.4 Å². The van der Waals surface area contributed by atoms with Crippen LogP contribution in [0, 0.1) is 0 Å². The van der Waals surface area contributed by atoms with Gasteiger partial charge in [-0.05, 0) is 19.8 Å². The normalized spacial score (nSPS) is 34.5.